The zero-order chi connectivity index (χ0) is 28.2. The van der Waals surface area contributed by atoms with Crippen LogP contribution in [-0.4, -0.2) is 9.38 Å². The topological polar surface area (TPSA) is 30.4 Å². The maximum Gasteiger partial charge on any atom is 0.145 e. The van der Waals surface area contributed by atoms with E-state index in [9.17, 15) is 0 Å². The Balaban J connectivity index is 1.39. The minimum absolute atomic E-state index is 0.240. The molecule has 4 aromatic heterocycles. The molecule has 0 unspecified atom stereocenters. The van der Waals surface area contributed by atoms with Crippen LogP contribution in [0.2, 0.25) is 0 Å². The van der Waals surface area contributed by atoms with Crippen molar-refractivity contribution in [2.45, 2.75) is 6.85 Å². The molecule has 4 heterocycles. The number of aryl methyl sites for hydroxylation is 1. The largest absolute Gasteiger partial charge is 0.455 e. The van der Waals surface area contributed by atoms with E-state index in [2.05, 4.69) is 88.2 Å². The lowest BCUT2D eigenvalue weighted by Crippen LogP contribution is -1.85. The van der Waals surface area contributed by atoms with Gasteiger partial charge in [0.2, 0.25) is 0 Å². The molecule has 0 amide bonds. The van der Waals surface area contributed by atoms with Crippen LogP contribution in [0.1, 0.15) is 9.68 Å². The molecule has 0 aliphatic carbocycles. The number of aromatic nitrogens is 2. The van der Waals surface area contributed by atoms with Gasteiger partial charge in [0.1, 0.15) is 11.2 Å². The molecule has 0 aliphatic heterocycles. The first-order valence-corrected chi connectivity index (χ1v) is 13.1. The van der Waals surface area contributed by atoms with Crippen LogP contribution in [0.25, 0.3) is 82.4 Å². The summed E-state index contributed by atoms with van der Waals surface area (Å²) in [5, 5.41) is 6.79. The fraction of sp³-hybridized carbons (Fsp3) is 0.0278. The molecule has 0 N–H and O–H groups in total. The SMILES string of the molecule is [2H]C([2H])([2H])c1ccc(-c2ccc3c(c2)c2cc(-c4ccccc4)cc4c5c6oc7ccccc7c6ccc5n3c24)nc1. The minimum atomic E-state index is -2.18. The number of rotatable bonds is 2. The van der Waals surface area contributed by atoms with Gasteiger partial charge in [0.15, 0.2) is 0 Å². The highest BCUT2D eigenvalue weighted by molar-refractivity contribution is 6.30. The van der Waals surface area contributed by atoms with E-state index < -0.39 is 6.85 Å². The molecular formula is C36H22N2O. The molecule has 39 heavy (non-hydrogen) atoms. The zero-order valence-corrected chi connectivity index (χ0v) is 20.8. The van der Waals surface area contributed by atoms with E-state index in [0.29, 0.717) is 0 Å². The predicted octanol–water partition coefficient (Wildman–Crippen LogP) is 9.77. The highest BCUT2D eigenvalue weighted by atomic mass is 16.3. The van der Waals surface area contributed by atoms with Crippen molar-refractivity contribution in [3.8, 4) is 22.4 Å². The normalized spacial score (nSPS) is 13.7. The summed E-state index contributed by atoms with van der Waals surface area (Å²) in [7, 11) is 0. The number of hydrogen-bond donors (Lipinski definition) is 0. The van der Waals surface area contributed by atoms with E-state index in [1.807, 2.05) is 18.2 Å². The second kappa shape index (κ2) is 7.46. The summed E-state index contributed by atoms with van der Waals surface area (Å²) in [4.78, 5) is 4.52. The predicted molar refractivity (Wildman–Crippen MR) is 162 cm³/mol. The molecule has 0 saturated heterocycles. The van der Waals surface area contributed by atoms with Gasteiger partial charge in [-0.3, -0.25) is 4.98 Å². The van der Waals surface area contributed by atoms with Crippen molar-refractivity contribution in [3.63, 3.8) is 0 Å². The maximum atomic E-state index is 7.69. The average Bonchev–Trinajstić information content (AvgIpc) is 3.67. The Bertz CT molecular complexity index is 2490. The van der Waals surface area contributed by atoms with Crippen molar-refractivity contribution in [1.29, 1.82) is 0 Å². The Labute approximate surface area is 228 Å². The van der Waals surface area contributed by atoms with Gasteiger partial charge in [-0.1, -0.05) is 60.7 Å². The summed E-state index contributed by atoms with van der Waals surface area (Å²) in [5.41, 5.74) is 9.39. The third kappa shape index (κ3) is 2.79. The fourth-order valence-electron chi connectivity index (χ4n) is 6.34. The second-order valence-corrected chi connectivity index (χ2v) is 10.2. The van der Waals surface area contributed by atoms with Gasteiger partial charge < -0.3 is 8.82 Å². The summed E-state index contributed by atoms with van der Waals surface area (Å²) in [5.74, 6) is 0. The van der Waals surface area contributed by atoms with Crippen molar-refractivity contribution in [2.24, 2.45) is 0 Å². The average molecular weight is 502 g/mol. The number of para-hydroxylation sites is 1. The van der Waals surface area contributed by atoms with Crippen LogP contribution in [-0.2, 0) is 0 Å². The molecule has 5 aromatic carbocycles. The van der Waals surface area contributed by atoms with E-state index >= 15 is 0 Å². The number of furan rings is 1. The first kappa shape index (κ1) is 18.2. The van der Waals surface area contributed by atoms with Crippen LogP contribution in [0.15, 0.2) is 120 Å². The Morgan fingerprint density at radius 3 is 2.33 bits per heavy atom. The van der Waals surface area contributed by atoms with Crippen LogP contribution in [0, 0.1) is 6.85 Å². The van der Waals surface area contributed by atoms with Gasteiger partial charge in [-0.2, -0.15) is 0 Å². The summed E-state index contributed by atoms with van der Waals surface area (Å²) >= 11 is 0. The van der Waals surface area contributed by atoms with Gasteiger partial charge in [-0.15, -0.1) is 0 Å². The van der Waals surface area contributed by atoms with Gasteiger partial charge >= 0.3 is 0 Å². The summed E-state index contributed by atoms with van der Waals surface area (Å²) in [6, 6.07) is 37.5. The standard InChI is InChI=1S/C36H22N2O/c1-21-11-14-30(37-20-21)23-12-15-31-27(17-23)28-18-24(22-7-3-2-4-8-22)19-29-34-32(38(31)35(28)29)16-13-26-25-9-5-6-10-33(25)39-36(26)34/h2-20H,1H3/i1D3. The van der Waals surface area contributed by atoms with Crippen molar-refractivity contribution in [3.05, 3.63) is 121 Å². The highest BCUT2D eigenvalue weighted by Crippen LogP contribution is 2.45. The van der Waals surface area contributed by atoms with Gasteiger partial charge in [0.25, 0.3) is 0 Å². The van der Waals surface area contributed by atoms with Gasteiger partial charge in [0.05, 0.1) is 27.6 Å². The molecule has 0 spiro atoms. The maximum absolute atomic E-state index is 7.69. The quantitative estimate of drug-likeness (QED) is 0.236. The number of pyridine rings is 1. The number of hydrogen-bond acceptors (Lipinski definition) is 2. The molecule has 9 rings (SSSR count). The van der Waals surface area contributed by atoms with Gasteiger partial charge in [-0.25, -0.2) is 0 Å². The Hall–Kier alpha value is -5.15. The van der Waals surface area contributed by atoms with Crippen LogP contribution in [0.4, 0.5) is 0 Å². The third-order valence-electron chi connectivity index (χ3n) is 8.06. The number of benzene rings is 5. The Morgan fingerprint density at radius 1 is 0.641 bits per heavy atom. The van der Waals surface area contributed by atoms with Gasteiger partial charge in [-0.05, 0) is 72.1 Å². The van der Waals surface area contributed by atoms with Crippen molar-refractivity contribution < 1.29 is 8.53 Å². The first-order valence-electron chi connectivity index (χ1n) is 14.6. The van der Waals surface area contributed by atoms with Crippen molar-refractivity contribution in [2.75, 3.05) is 0 Å². The van der Waals surface area contributed by atoms with Crippen molar-refractivity contribution >= 4 is 60.0 Å². The minimum Gasteiger partial charge on any atom is -0.455 e. The van der Waals surface area contributed by atoms with Crippen LogP contribution >= 0.6 is 0 Å². The van der Waals surface area contributed by atoms with E-state index in [-0.39, 0.29) is 5.56 Å². The van der Waals surface area contributed by atoms with E-state index in [0.717, 1.165) is 82.4 Å². The molecule has 182 valence electrons. The lowest BCUT2D eigenvalue weighted by atomic mass is 9.98. The molecule has 0 saturated carbocycles. The van der Waals surface area contributed by atoms with Crippen LogP contribution < -0.4 is 0 Å². The molecule has 9 aromatic rings. The summed E-state index contributed by atoms with van der Waals surface area (Å²) in [6.07, 6.45) is 1.46. The molecule has 3 heteroatoms. The number of nitrogens with zero attached hydrogens (tertiary/aromatic N) is 2. The van der Waals surface area contributed by atoms with Gasteiger partial charge in [0, 0.05) is 42.8 Å². The molecule has 0 aliphatic rings. The molecule has 0 bridgehead atoms. The van der Waals surface area contributed by atoms with Crippen LogP contribution in [0.5, 0.6) is 0 Å². The molecule has 0 atom stereocenters. The first-order chi connectivity index (χ1) is 20.5. The van der Waals surface area contributed by atoms with Crippen LogP contribution in [0.3, 0.4) is 0 Å². The lowest BCUT2D eigenvalue weighted by Gasteiger charge is -2.05. The number of fused-ring (bicyclic) bond motifs is 10. The molecular weight excluding hydrogens is 476 g/mol. The summed E-state index contributed by atoms with van der Waals surface area (Å²) < 4.78 is 32.0. The molecule has 3 nitrogen and oxygen atoms in total. The van der Waals surface area contributed by atoms with E-state index in [1.165, 1.54) is 6.20 Å². The monoisotopic (exact) mass is 501 g/mol. The van der Waals surface area contributed by atoms with E-state index in [4.69, 9.17) is 8.53 Å². The zero-order valence-electron chi connectivity index (χ0n) is 23.8. The highest BCUT2D eigenvalue weighted by Gasteiger charge is 2.22. The molecule has 0 radical (unpaired) electrons. The Morgan fingerprint density at radius 2 is 1.46 bits per heavy atom. The van der Waals surface area contributed by atoms with E-state index in [1.54, 1.807) is 12.1 Å². The fourth-order valence-corrected chi connectivity index (χ4v) is 6.34. The Kier molecular flexibility index (Phi) is 3.47. The third-order valence-corrected chi connectivity index (χ3v) is 8.06. The summed E-state index contributed by atoms with van der Waals surface area (Å²) in [6.45, 7) is -2.18. The molecule has 0 fully saturated rings. The smallest absolute Gasteiger partial charge is 0.145 e. The van der Waals surface area contributed by atoms with Crippen molar-refractivity contribution in [1.82, 2.24) is 9.38 Å². The second-order valence-electron chi connectivity index (χ2n) is 10.2. The lowest BCUT2D eigenvalue weighted by molar-refractivity contribution is 0.673.